The number of anilines is 1. The highest BCUT2D eigenvalue weighted by atomic mass is 35.5. The molecule has 3 heterocycles. The zero-order chi connectivity index (χ0) is 22.1. The Balaban J connectivity index is 1.58. The molecule has 31 heavy (non-hydrogen) atoms. The molecule has 0 radical (unpaired) electrons. The van der Waals surface area contributed by atoms with Crippen molar-refractivity contribution in [3.8, 4) is 16.4 Å². The van der Waals surface area contributed by atoms with Crippen molar-refractivity contribution in [1.29, 1.82) is 0 Å². The van der Waals surface area contributed by atoms with E-state index in [9.17, 15) is 4.79 Å². The molecule has 0 saturated heterocycles. The van der Waals surface area contributed by atoms with Crippen molar-refractivity contribution >= 4 is 46.2 Å². The zero-order valence-electron chi connectivity index (χ0n) is 16.6. The van der Waals surface area contributed by atoms with E-state index in [-0.39, 0.29) is 5.82 Å². The fourth-order valence-corrected chi connectivity index (χ4v) is 4.21. The zero-order valence-corrected chi connectivity index (χ0v) is 19.0. The Kier molecular flexibility index (Phi) is 5.81. The summed E-state index contributed by atoms with van der Waals surface area (Å²) in [5.41, 5.74) is 1.47. The number of carbonyl (C=O) groups excluding carboxylic acids is 1. The maximum atomic E-state index is 12.7. The molecule has 4 rings (SSSR count). The van der Waals surface area contributed by atoms with Crippen LogP contribution in [0.5, 0.6) is 0 Å². The van der Waals surface area contributed by atoms with Gasteiger partial charge < -0.3 is 0 Å². The van der Waals surface area contributed by atoms with Crippen molar-refractivity contribution in [3.05, 3.63) is 64.1 Å². The van der Waals surface area contributed by atoms with Gasteiger partial charge in [-0.2, -0.15) is 5.10 Å². The molecule has 0 aliphatic carbocycles. The lowest BCUT2D eigenvalue weighted by Crippen LogP contribution is -2.14. The molecule has 158 valence electrons. The Morgan fingerprint density at radius 1 is 1.32 bits per heavy atom. The van der Waals surface area contributed by atoms with Crippen LogP contribution in [0.1, 0.15) is 22.1 Å². The van der Waals surface area contributed by atoms with Crippen LogP contribution in [0, 0.1) is 18.6 Å². The van der Waals surface area contributed by atoms with Gasteiger partial charge in [-0.3, -0.25) is 19.8 Å². The molecule has 0 spiro atoms. The molecular weight excluding hydrogens is 456 g/mol. The summed E-state index contributed by atoms with van der Waals surface area (Å²) >= 11 is 12.5. The minimum Gasteiger partial charge on any atom is -0.296 e. The molecule has 4 aromatic rings. The van der Waals surface area contributed by atoms with Crippen molar-refractivity contribution in [1.82, 2.24) is 34.5 Å². The number of hydrogen-bond acceptors (Lipinski definition) is 7. The summed E-state index contributed by atoms with van der Waals surface area (Å²) in [5, 5.41) is 15.2. The first-order valence-corrected chi connectivity index (χ1v) is 10.7. The van der Waals surface area contributed by atoms with Crippen LogP contribution in [0.2, 0.25) is 5.02 Å². The number of amides is 1. The number of hydrogen-bond donors (Lipinski definition) is 2. The second-order valence-electron chi connectivity index (χ2n) is 6.51. The standard InChI is InChI=1S/C19H17ClN8OS2/c1-4-9-27-16(24-25-19(27)30)14-10(2)21-18(31-14)23-17(29)15-22-11(3)28(26-15)13-7-5-12(20)6-8-13/h4-8H,1,9H2,2-3H3,(H,25,30)(H,21,23,29). The second kappa shape index (κ2) is 8.53. The fraction of sp³-hybridized carbons (Fsp3) is 0.158. The SMILES string of the molecule is C=CCn1c(-c2sc(NC(=O)c3nc(C)n(-c4ccc(Cl)cc4)n3)nc2C)n[nH]c1=S. The number of halogens is 1. The Hall–Kier alpha value is -3.15. The van der Waals surface area contributed by atoms with Crippen LogP contribution in [0.15, 0.2) is 36.9 Å². The summed E-state index contributed by atoms with van der Waals surface area (Å²) in [4.78, 5) is 22.2. The van der Waals surface area contributed by atoms with E-state index in [1.54, 1.807) is 41.9 Å². The Labute approximate surface area is 191 Å². The number of benzene rings is 1. The first kappa shape index (κ1) is 21.1. The summed E-state index contributed by atoms with van der Waals surface area (Å²) in [6.07, 6.45) is 1.74. The Bertz CT molecular complexity index is 1330. The van der Waals surface area contributed by atoms with Crippen LogP contribution in [0.3, 0.4) is 0 Å². The van der Waals surface area contributed by atoms with Crippen molar-refractivity contribution in [3.63, 3.8) is 0 Å². The third kappa shape index (κ3) is 4.20. The molecule has 0 bridgehead atoms. The number of thiazole rings is 1. The summed E-state index contributed by atoms with van der Waals surface area (Å²) in [6, 6.07) is 7.11. The van der Waals surface area contributed by atoms with Crippen LogP contribution >= 0.6 is 35.2 Å². The molecule has 0 unspecified atom stereocenters. The number of nitrogens with zero attached hydrogens (tertiary/aromatic N) is 6. The third-order valence-electron chi connectivity index (χ3n) is 4.33. The number of nitrogens with one attached hydrogen (secondary N) is 2. The van der Waals surface area contributed by atoms with Gasteiger partial charge in [-0.05, 0) is 50.3 Å². The minimum atomic E-state index is -0.457. The average Bonchev–Trinajstić information content (AvgIpc) is 3.40. The molecule has 0 saturated carbocycles. The number of aromatic amines is 1. The number of H-pyrrole nitrogens is 1. The topological polar surface area (TPSA) is 106 Å². The molecule has 9 nitrogen and oxygen atoms in total. The van der Waals surface area contributed by atoms with Crippen LogP contribution in [0.25, 0.3) is 16.4 Å². The monoisotopic (exact) mass is 472 g/mol. The number of rotatable bonds is 6. The number of allylic oxidation sites excluding steroid dienone is 1. The molecule has 0 aliphatic rings. The van der Waals surface area contributed by atoms with Gasteiger partial charge in [-0.15, -0.1) is 11.7 Å². The van der Waals surface area contributed by atoms with E-state index < -0.39 is 5.91 Å². The Morgan fingerprint density at radius 2 is 2.06 bits per heavy atom. The largest absolute Gasteiger partial charge is 0.297 e. The lowest BCUT2D eigenvalue weighted by Gasteiger charge is -2.02. The summed E-state index contributed by atoms with van der Waals surface area (Å²) in [5.74, 6) is 0.794. The van der Waals surface area contributed by atoms with Crippen molar-refractivity contribution in [2.24, 2.45) is 0 Å². The highest BCUT2D eigenvalue weighted by molar-refractivity contribution is 7.71. The molecule has 12 heteroatoms. The van der Waals surface area contributed by atoms with Gasteiger partial charge in [-0.25, -0.2) is 14.6 Å². The average molecular weight is 473 g/mol. The van der Waals surface area contributed by atoms with Crippen molar-refractivity contribution < 1.29 is 4.79 Å². The smallest absolute Gasteiger partial charge is 0.296 e. The molecule has 1 amide bonds. The highest BCUT2D eigenvalue weighted by Gasteiger charge is 2.20. The molecule has 1 aromatic carbocycles. The quantitative estimate of drug-likeness (QED) is 0.319. The predicted octanol–water partition coefficient (Wildman–Crippen LogP) is 4.35. The van der Waals surface area contributed by atoms with Crippen molar-refractivity contribution in [2.75, 3.05) is 5.32 Å². The van der Waals surface area contributed by atoms with Gasteiger partial charge in [0.15, 0.2) is 15.7 Å². The molecular formula is C19H17ClN8OS2. The van der Waals surface area contributed by atoms with E-state index in [1.165, 1.54) is 11.3 Å². The van der Waals surface area contributed by atoms with Gasteiger partial charge in [0.25, 0.3) is 5.91 Å². The third-order valence-corrected chi connectivity index (χ3v) is 5.97. The predicted molar refractivity (Wildman–Crippen MR) is 123 cm³/mol. The van der Waals surface area contributed by atoms with E-state index in [0.717, 1.165) is 16.3 Å². The van der Waals surface area contributed by atoms with Crippen LogP contribution in [0.4, 0.5) is 5.13 Å². The number of carbonyl (C=O) groups is 1. The van der Waals surface area contributed by atoms with E-state index >= 15 is 0 Å². The van der Waals surface area contributed by atoms with E-state index in [4.69, 9.17) is 23.8 Å². The number of aryl methyl sites for hydroxylation is 2. The van der Waals surface area contributed by atoms with Crippen LogP contribution in [-0.4, -0.2) is 40.4 Å². The van der Waals surface area contributed by atoms with Gasteiger partial charge in [0.2, 0.25) is 5.82 Å². The van der Waals surface area contributed by atoms with E-state index in [1.807, 2.05) is 11.5 Å². The fourth-order valence-electron chi connectivity index (χ4n) is 2.91. The normalized spacial score (nSPS) is 10.9. The van der Waals surface area contributed by atoms with Crippen LogP contribution in [-0.2, 0) is 6.54 Å². The van der Waals surface area contributed by atoms with Crippen molar-refractivity contribution in [2.45, 2.75) is 20.4 Å². The maximum absolute atomic E-state index is 12.7. The second-order valence-corrected chi connectivity index (χ2v) is 8.33. The lowest BCUT2D eigenvalue weighted by atomic mass is 10.3. The molecule has 2 N–H and O–H groups in total. The lowest BCUT2D eigenvalue weighted by molar-refractivity contribution is 0.101. The first-order chi connectivity index (χ1) is 14.9. The summed E-state index contributed by atoms with van der Waals surface area (Å²) in [7, 11) is 0. The highest BCUT2D eigenvalue weighted by Crippen LogP contribution is 2.31. The van der Waals surface area contributed by atoms with E-state index in [2.05, 4.69) is 37.2 Å². The molecule has 0 atom stereocenters. The summed E-state index contributed by atoms with van der Waals surface area (Å²) in [6.45, 7) is 7.87. The van der Waals surface area contributed by atoms with Crippen LogP contribution < -0.4 is 5.32 Å². The maximum Gasteiger partial charge on any atom is 0.297 e. The van der Waals surface area contributed by atoms with Gasteiger partial charge in [0, 0.05) is 11.6 Å². The molecule has 3 aromatic heterocycles. The molecule has 0 fully saturated rings. The van der Waals surface area contributed by atoms with Gasteiger partial charge in [-0.1, -0.05) is 29.0 Å². The summed E-state index contributed by atoms with van der Waals surface area (Å²) < 4.78 is 3.88. The van der Waals surface area contributed by atoms with Gasteiger partial charge >= 0.3 is 0 Å². The number of aromatic nitrogens is 7. The van der Waals surface area contributed by atoms with Gasteiger partial charge in [0.1, 0.15) is 5.82 Å². The Morgan fingerprint density at radius 3 is 2.77 bits per heavy atom. The molecule has 0 aliphatic heterocycles. The van der Waals surface area contributed by atoms with E-state index in [0.29, 0.717) is 33.1 Å². The minimum absolute atomic E-state index is 0.0381. The van der Waals surface area contributed by atoms with Gasteiger partial charge in [0.05, 0.1) is 16.3 Å². The first-order valence-electron chi connectivity index (χ1n) is 9.12.